The zero-order valence-corrected chi connectivity index (χ0v) is 25.4. The molecule has 0 aromatic carbocycles. The summed E-state index contributed by atoms with van der Waals surface area (Å²) in [4.78, 5) is 54.8. The molecule has 0 spiro atoms. The van der Waals surface area contributed by atoms with E-state index < -0.39 is 11.9 Å². The third-order valence-electron chi connectivity index (χ3n) is 8.73. The second-order valence-corrected chi connectivity index (χ2v) is 11.3. The summed E-state index contributed by atoms with van der Waals surface area (Å²) in [5.74, 6) is -2.08. The molecule has 2 amide bonds. The first-order chi connectivity index (χ1) is 20.4. The molecule has 0 saturated heterocycles. The predicted octanol–water partition coefficient (Wildman–Crippen LogP) is 4.33. The van der Waals surface area contributed by atoms with Crippen molar-refractivity contribution in [3.63, 3.8) is 0 Å². The summed E-state index contributed by atoms with van der Waals surface area (Å²) < 4.78 is 0. The molecule has 10 heteroatoms. The van der Waals surface area contributed by atoms with E-state index in [0.29, 0.717) is 43.3 Å². The fourth-order valence-corrected chi connectivity index (χ4v) is 6.17. The van der Waals surface area contributed by atoms with Crippen molar-refractivity contribution in [3.8, 4) is 0 Å². The van der Waals surface area contributed by atoms with Crippen LogP contribution in [0.2, 0.25) is 0 Å². The molecule has 4 rings (SSSR count). The van der Waals surface area contributed by atoms with E-state index >= 15 is 0 Å². The van der Waals surface area contributed by atoms with Crippen molar-refractivity contribution in [2.45, 2.75) is 85.6 Å². The van der Waals surface area contributed by atoms with E-state index in [1.165, 1.54) is 0 Å². The summed E-state index contributed by atoms with van der Waals surface area (Å²) in [5.41, 5.74) is 10.8. The summed E-state index contributed by atoms with van der Waals surface area (Å²) in [5, 5.41) is 24.8. The minimum Gasteiger partial charge on any atom is -0.481 e. The molecule has 228 valence electrons. The molecule has 0 radical (unpaired) electrons. The van der Waals surface area contributed by atoms with Crippen molar-refractivity contribution in [3.05, 3.63) is 85.7 Å². The van der Waals surface area contributed by atoms with Crippen molar-refractivity contribution >= 4 is 29.8 Å². The highest BCUT2D eigenvalue weighted by Crippen LogP contribution is 2.31. The van der Waals surface area contributed by atoms with E-state index in [4.69, 9.17) is 0 Å². The lowest BCUT2D eigenvalue weighted by Crippen LogP contribution is -2.30. The Bertz CT molecular complexity index is 1610. The van der Waals surface area contributed by atoms with E-state index in [1.807, 2.05) is 33.8 Å². The van der Waals surface area contributed by atoms with Gasteiger partial charge < -0.3 is 30.8 Å². The van der Waals surface area contributed by atoms with E-state index in [9.17, 15) is 29.4 Å². The highest BCUT2D eigenvalue weighted by molar-refractivity contribution is 6.01. The number of allylic oxidation sites excluding steroid dienone is 1. The summed E-state index contributed by atoms with van der Waals surface area (Å²) in [7, 11) is 0. The van der Waals surface area contributed by atoms with Crippen LogP contribution in [0.25, 0.3) is 6.08 Å². The number of rotatable bonds is 13. The zero-order valence-electron chi connectivity index (χ0n) is 25.4. The van der Waals surface area contributed by atoms with Crippen LogP contribution in [0.5, 0.6) is 0 Å². The molecule has 0 bridgehead atoms. The van der Waals surface area contributed by atoms with E-state index in [1.54, 1.807) is 13.0 Å². The number of carboxylic acid groups (broad SMARTS) is 2. The van der Waals surface area contributed by atoms with Gasteiger partial charge in [-0.05, 0) is 86.4 Å². The maximum Gasteiger partial charge on any atom is 0.303 e. The van der Waals surface area contributed by atoms with Crippen molar-refractivity contribution in [2.75, 3.05) is 0 Å². The molecule has 1 atom stereocenters. The average molecular weight is 589 g/mol. The SMILES string of the molecule is C=CC1=C(C)[C@@H](Cc2[nH]c(Cc3[nH]c(/C=C4\NC(=O)C(C)=C4CC)c(C)c3CCC(=O)O)c(CCC(=O)O)c2C)NC1=O. The number of carbonyl (C=O) groups is 4. The number of aliphatic carboxylic acids is 2. The number of aromatic amines is 2. The lowest BCUT2D eigenvalue weighted by atomic mass is 9.97. The number of nitrogens with one attached hydrogen (secondary N) is 4. The number of carbonyl (C=O) groups excluding carboxylic acids is 2. The van der Waals surface area contributed by atoms with Crippen molar-refractivity contribution in [1.29, 1.82) is 0 Å². The highest BCUT2D eigenvalue weighted by atomic mass is 16.4. The summed E-state index contributed by atoms with van der Waals surface area (Å²) >= 11 is 0. The zero-order chi connectivity index (χ0) is 31.6. The van der Waals surface area contributed by atoms with Gasteiger partial charge in [0.25, 0.3) is 11.8 Å². The highest BCUT2D eigenvalue weighted by Gasteiger charge is 2.29. The number of carboxylic acids is 2. The minimum atomic E-state index is -0.901. The Labute approximate surface area is 251 Å². The van der Waals surface area contributed by atoms with Gasteiger partial charge in [-0.15, -0.1) is 0 Å². The Hall–Kier alpha value is -4.60. The van der Waals surface area contributed by atoms with Crippen molar-refractivity contribution < 1.29 is 29.4 Å². The Balaban J connectivity index is 1.75. The third-order valence-corrected chi connectivity index (χ3v) is 8.73. The normalized spacial score (nSPS) is 17.7. The minimum absolute atomic E-state index is 0.0387. The van der Waals surface area contributed by atoms with Crippen LogP contribution >= 0.6 is 0 Å². The number of aromatic nitrogens is 2. The van der Waals surface area contributed by atoms with E-state index in [2.05, 4.69) is 27.2 Å². The molecule has 4 heterocycles. The Morgan fingerprint density at radius 3 is 2.05 bits per heavy atom. The number of hydrogen-bond donors (Lipinski definition) is 6. The summed E-state index contributed by atoms with van der Waals surface area (Å²) in [6, 6.07) is -0.207. The van der Waals surface area contributed by atoms with Crippen LogP contribution in [0.4, 0.5) is 0 Å². The smallest absolute Gasteiger partial charge is 0.303 e. The summed E-state index contributed by atoms with van der Waals surface area (Å²) in [6.45, 7) is 13.4. The third kappa shape index (κ3) is 6.43. The molecular formula is C33H40N4O6. The van der Waals surface area contributed by atoms with Gasteiger partial charge in [-0.3, -0.25) is 19.2 Å². The van der Waals surface area contributed by atoms with Gasteiger partial charge in [-0.2, -0.15) is 0 Å². The fourth-order valence-electron chi connectivity index (χ4n) is 6.17. The van der Waals surface area contributed by atoms with Gasteiger partial charge in [0.05, 0.1) is 6.04 Å². The molecule has 2 aliphatic rings. The van der Waals surface area contributed by atoms with Crippen molar-refractivity contribution in [1.82, 2.24) is 20.6 Å². The standard InChI is InChI=1S/C33H40N4O6/c1-7-20-19(6)32(42)37-27(20)14-25-18(5)23(10-12-31(40)41)29(35-25)15-28-22(9-11-30(38)39)17(4)24(34-28)13-26-16(3)21(8-2)33(43)36-26/h8,14,26,34-35H,2,7,9-13,15H2,1,3-6H3,(H,36,43)(H,37,42)(H,38,39)(H,40,41)/b27-14-/t26-/m1/s1. The first-order valence-electron chi connectivity index (χ1n) is 14.6. The second-order valence-electron chi connectivity index (χ2n) is 11.3. The topological polar surface area (TPSA) is 164 Å². The maximum atomic E-state index is 12.4. The van der Waals surface area contributed by atoms with Gasteiger partial charge >= 0.3 is 11.9 Å². The van der Waals surface area contributed by atoms with Crippen LogP contribution in [0, 0.1) is 13.8 Å². The average Bonchev–Trinajstić information content (AvgIpc) is 3.59. The van der Waals surface area contributed by atoms with Crippen LogP contribution in [0.3, 0.4) is 0 Å². The fraction of sp³-hybridized carbons (Fsp3) is 0.394. The molecule has 2 aliphatic heterocycles. The molecular weight excluding hydrogens is 548 g/mol. The first kappa shape index (κ1) is 31.3. The summed E-state index contributed by atoms with van der Waals surface area (Å²) in [6.07, 6.45) is 5.64. The van der Waals surface area contributed by atoms with Gasteiger partial charge in [0.2, 0.25) is 0 Å². The maximum absolute atomic E-state index is 12.4. The Morgan fingerprint density at radius 1 is 0.884 bits per heavy atom. The van der Waals surface area contributed by atoms with Crippen LogP contribution < -0.4 is 10.6 Å². The molecule has 2 aromatic rings. The molecule has 10 nitrogen and oxygen atoms in total. The number of H-pyrrole nitrogens is 2. The van der Waals surface area contributed by atoms with Crippen LogP contribution in [-0.2, 0) is 44.9 Å². The van der Waals surface area contributed by atoms with Crippen LogP contribution in [0.1, 0.15) is 85.1 Å². The number of amides is 2. The van der Waals surface area contributed by atoms with E-state index in [0.717, 1.165) is 61.9 Å². The second kappa shape index (κ2) is 12.7. The predicted molar refractivity (Wildman–Crippen MR) is 163 cm³/mol. The molecule has 6 N–H and O–H groups in total. The molecule has 0 fully saturated rings. The largest absolute Gasteiger partial charge is 0.481 e. The van der Waals surface area contributed by atoms with Gasteiger partial charge in [0.15, 0.2) is 0 Å². The molecule has 2 aromatic heterocycles. The van der Waals surface area contributed by atoms with Crippen LogP contribution in [0.15, 0.2) is 40.6 Å². The quantitative estimate of drug-likeness (QED) is 0.204. The van der Waals surface area contributed by atoms with Crippen LogP contribution in [-0.4, -0.2) is 50.0 Å². The lowest BCUT2D eigenvalue weighted by molar-refractivity contribution is -0.138. The molecule has 0 aliphatic carbocycles. The molecule has 0 saturated carbocycles. The van der Waals surface area contributed by atoms with E-state index in [-0.39, 0.29) is 30.7 Å². The molecule has 0 unspecified atom stereocenters. The van der Waals surface area contributed by atoms with Crippen molar-refractivity contribution in [2.24, 2.45) is 0 Å². The molecule has 43 heavy (non-hydrogen) atoms. The van der Waals surface area contributed by atoms with Gasteiger partial charge in [-0.1, -0.05) is 19.6 Å². The first-order valence-corrected chi connectivity index (χ1v) is 14.6. The monoisotopic (exact) mass is 588 g/mol. The Morgan fingerprint density at radius 2 is 1.49 bits per heavy atom. The van der Waals surface area contributed by atoms with Gasteiger partial charge in [0, 0.05) is 65.3 Å². The van der Waals surface area contributed by atoms with Gasteiger partial charge in [0.1, 0.15) is 0 Å². The lowest BCUT2D eigenvalue weighted by Gasteiger charge is -2.12. The van der Waals surface area contributed by atoms with Gasteiger partial charge in [-0.25, -0.2) is 0 Å². The number of hydrogen-bond acceptors (Lipinski definition) is 4. The Kier molecular flexibility index (Phi) is 9.27.